The first-order valence-corrected chi connectivity index (χ1v) is 13.4. The van der Waals surface area contributed by atoms with Gasteiger partial charge < -0.3 is 23.1 Å². The quantitative estimate of drug-likeness (QED) is 0.318. The topological polar surface area (TPSA) is 80.3 Å². The molecule has 0 aromatic carbocycles. The summed E-state index contributed by atoms with van der Waals surface area (Å²) >= 11 is 0. The number of hydrogen-bond donors (Lipinski definition) is 0. The minimum Gasteiger partial charge on any atom is -0.381 e. The van der Waals surface area contributed by atoms with Crippen molar-refractivity contribution in [2.24, 2.45) is 29.1 Å². The van der Waals surface area contributed by atoms with Gasteiger partial charge in [-0.1, -0.05) is 18.6 Å². The Morgan fingerprint density at radius 3 is 2.38 bits per heavy atom. The molecule has 11 heteroatoms. The van der Waals surface area contributed by atoms with Gasteiger partial charge in [-0.15, -0.1) is 0 Å². The van der Waals surface area contributed by atoms with E-state index in [9.17, 15) is 21.6 Å². The summed E-state index contributed by atoms with van der Waals surface area (Å²) in [4.78, 5) is 0. The summed E-state index contributed by atoms with van der Waals surface area (Å²) in [5.74, 6) is -2.36. The Bertz CT molecular complexity index is 1020. The number of halogens is 3. The molecule has 2 heterocycles. The molecule has 0 radical (unpaired) electrons. The molecule has 5 atom stereocenters. The average Bonchev–Trinajstić information content (AvgIpc) is 3.48. The summed E-state index contributed by atoms with van der Waals surface area (Å²) in [5, 5.41) is 0. The van der Waals surface area contributed by atoms with Crippen molar-refractivity contribution >= 4 is 10.1 Å². The Morgan fingerprint density at radius 2 is 1.71 bits per heavy atom. The highest BCUT2D eigenvalue weighted by Crippen LogP contribution is 2.66. The molecule has 6 aliphatic rings. The van der Waals surface area contributed by atoms with Gasteiger partial charge in [0.25, 0.3) is 0 Å². The first kappa shape index (κ1) is 23.3. The van der Waals surface area contributed by atoms with Gasteiger partial charge in [-0.2, -0.15) is 21.6 Å². The van der Waals surface area contributed by atoms with E-state index in [0.29, 0.717) is 58.5 Å². The monoisotopic (exact) mass is 506 g/mol. The van der Waals surface area contributed by atoms with Crippen LogP contribution in [0.3, 0.4) is 0 Å². The van der Waals surface area contributed by atoms with Crippen molar-refractivity contribution in [2.75, 3.05) is 26.4 Å². The van der Waals surface area contributed by atoms with E-state index in [1.807, 2.05) is 6.92 Å². The third-order valence-electron chi connectivity index (χ3n) is 9.05. The number of ether oxygens (including phenoxy) is 4. The summed E-state index contributed by atoms with van der Waals surface area (Å²) in [5.41, 5.74) is -5.25. The lowest BCUT2D eigenvalue weighted by Crippen LogP contribution is -2.53. The summed E-state index contributed by atoms with van der Waals surface area (Å²) in [7, 11) is -5.82. The maximum absolute atomic E-state index is 13.4. The normalized spacial score (nSPS) is 40.5. The lowest BCUT2D eigenvalue weighted by atomic mass is 9.54. The van der Waals surface area contributed by atoms with Crippen molar-refractivity contribution in [1.29, 1.82) is 0 Å². The second kappa shape index (κ2) is 7.44. The van der Waals surface area contributed by atoms with Crippen LogP contribution >= 0.6 is 0 Å². The molecule has 0 aromatic heterocycles. The van der Waals surface area contributed by atoms with Gasteiger partial charge in [0, 0.05) is 30.6 Å². The van der Waals surface area contributed by atoms with Crippen LogP contribution in [0, 0.1) is 29.1 Å². The SMILES string of the molecule is C[C@]12C=C(OS(=O)(=O)C(F)(F)F)[C@H]3[C@@H](CC=C4CC5(CC[C@@H]43)OCCO5)[C@@H]1CCC21OCCO1. The van der Waals surface area contributed by atoms with E-state index in [2.05, 4.69) is 6.08 Å². The fourth-order valence-corrected chi connectivity index (χ4v) is 8.16. The lowest BCUT2D eigenvalue weighted by Gasteiger charge is -2.53. The van der Waals surface area contributed by atoms with Crippen molar-refractivity contribution in [3.05, 3.63) is 23.5 Å². The molecule has 0 amide bonds. The van der Waals surface area contributed by atoms with Gasteiger partial charge in [0.2, 0.25) is 0 Å². The van der Waals surface area contributed by atoms with Crippen molar-refractivity contribution in [1.82, 2.24) is 0 Å². The summed E-state index contributed by atoms with van der Waals surface area (Å²) in [6, 6.07) is 0. The molecule has 0 aromatic rings. The molecule has 2 spiro atoms. The predicted octanol–water partition coefficient (Wildman–Crippen LogP) is 4.02. The zero-order valence-corrected chi connectivity index (χ0v) is 19.8. The van der Waals surface area contributed by atoms with Crippen LogP contribution in [0.15, 0.2) is 23.5 Å². The van der Waals surface area contributed by atoms with Crippen LogP contribution in [-0.2, 0) is 33.2 Å². The Morgan fingerprint density at radius 1 is 1.03 bits per heavy atom. The fraction of sp³-hybridized carbons (Fsp3) is 0.826. The van der Waals surface area contributed by atoms with Crippen molar-refractivity contribution in [3.63, 3.8) is 0 Å². The Kier molecular flexibility index (Phi) is 5.09. The molecule has 4 fully saturated rings. The van der Waals surface area contributed by atoms with Gasteiger partial charge in [0.15, 0.2) is 11.6 Å². The summed E-state index contributed by atoms with van der Waals surface area (Å²) < 4.78 is 93.2. The van der Waals surface area contributed by atoms with E-state index in [0.717, 1.165) is 12.0 Å². The molecule has 6 rings (SSSR count). The molecule has 2 saturated carbocycles. The molecule has 7 nitrogen and oxygen atoms in total. The van der Waals surface area contributed by atoms with Crippen LogP contribution in [0.4, 0.5) is 13.2 Å². The largest absolute Gasteiger partial charge is 0.534 e. The van der Waals surface area contributed by atoms with Crippen molar-refractivity contribution in [3.8, 4) is 0 Å². The zero-order valence-electron chi connectivity index (χ0n) is 18.9. The number of allylic oxidation sites excluding steroid dienone is 2. The standard InChI is InChI=1S/C23H29F3O7S/c1-20-13-18(33-34(27,28)23(24,25)26)19-15-4-6-21(29-8-9-30-21)12-14(15)2-3-16(19)17(20)5-7-22(20)31-10-11-32-22/h2,13,15-17,19H,3-12H2,1H3/t15-,16-,17-,19+,20-/m0/s1. The van der Waals surface area contributed by atoms with Crippen molar-refractivity contribution < 1.29 is 44.7 Å². The highest BCUT2D eigenvalue weighted by Gasteiger charge is 2.66. The molecule has 2 aliphatic heterocycles. The molecule has 4 aliphatic carbocycles. The van der Waals surface area contributed by atoms with Gasteiger partial charge in [0.1, 0.15) is 5.76 Å². The summed E-state index contributed by atoms with van der Waals surface area (Å²) in [6.07, 6.45) is 7.56. The molecule has 34 heavy (non-hydrogen) atoms. The smallest absolute Gasteiger partial charge is 0.381 e. The van der Waals surface area contributed by atoms with E-state index >= 15 is 0 Å². The first-order valence-electron chi connectivity index (χ1n) is 12.0. The van der Waals surface area contributed by atoms with E-state index in [4.69, 9.17) is 23.1 Å². The predicted molar refractivity (Wildman–Crippen MR) is 111 cm³/mol. The third kappa shape index (κ3) is 3.19. The second-order valence-corrected chi connectivity index (χ2v) is 12.1. The van der Waals surface area contributed by atoms with Crippen LogP contribution in [0.25, 0.3) is 0 Å². The molecule has 2 saturated heterocycles. The van der Waals surface area contributed by atoms with Gasteiger partial charge in [0.05, 0.1) is 26.4 Å². The molecular formula is C23H29F3O7S. The van der Waals surface area contributed by atoms with E-state index in [1.165, 1.54) is 0 Å². The Hall–Kier alpha value is -1.14. The minimum atomic E-state index is -5.82. The number of alkyl halides is 3. The third-order valence-corrected chi connectivity index (χ3v) is 10.0. The molecule has 190 valence electrons. The zero-order chi connectivity index (χ0) is 24.0. The van der Waals surface area contributed by atoms with Crippen molar-refractivity contribution in [2.45, 2.75) is 62.5 Å². The number of fused-ring (bicyclic) bond motifs is 6. The Balaban J connectivity index is 1.42. The maximum Gasteiger partial charge on any atom is 0.534 e. The van der Waals surface area contributed by atoms with Crippen LogP contribution in [0.2, 0.25) is 0 Å². The molecule has 0 N–H and O–H groups in total. The van der Waals surface area contributed by atoms with Crippen LogP contribution < -0.4 is 0 Å². The lowest BCUT2D eigenvalue weighted by molar-refractivity contribution is -0.216. The molecule has 0 bridgehead atoms. The van der Waals surface area contributed by atoms with E-state index in [-0.39, 0.29) is 23.5 Å². The summed E-state index contributed by atoms with van der Waals surface area (Å²) in [6.45, 7) is 3.74. The van der Waals surface area contributed by atoms with Crippen LogP contribution in [0.1, 0.15) is 45.4 Å². The maximum atomic E-state index is 13.4. The van der Waals surface area contributed by atoms with Gasteiger partial charge in [-0.3, -0.25) is 0 Å². The second-order valence-electron chi connectivity index (χ2n) is 10.5. The van der Waals surface area contributed by atoms with Gasteiger partial charge in [-0.25, -0.2) is 0 Å². The highest BCUT2D eigenvalue weighted by atomic mass is 32.2. The minimum absolute atomic E-state index is 0.0733. The van der Waals surface area contributed by atoms with E-state index in [1.54, 1.807) is 6.08 Å². The average molecular weight is 507 g/mol. The first-order chi connectivity index (χ1) is 16.0. The molecular weight excluding hydrogens is 477 g/mol. The number of hydrogen-bond acceptors (Lipinski definition) is 7. The number of rotatable bonds is 2. The van der Waals surface area contributed by atoms with E-state index < -0.39 is 38.5 Å². The molecule has 0 unspecified atom stereocenters. The Labute approximate surface area is 196 Å². The van der Waals surface area contributed by atoms with Crippen LogP contribution in [0.5, 0.6) is 0 Å². The highest BCUT2D eigenvalue weighted by molar-refractivity contribution is 7.87. The van der Waals surface area contributed by atoms with Crippen LogP contribution in [-0.4, -0.2) is 51.9 Å². The van der Waals surface area contributed by atoms with Gasteiger partial charge in [-0.05, 0) is 43.1 Å². The fourth-order valence-electron chi connectivity index (χ4n) is 7.65. The van der Waals surface area contributed by atoms with Gasteiger partial charge >= 0.3 is 15.6 Å².